The Bertz CT molecular complexity index is 475. The zero-order valence-electron chi connectivity index (χ0n) is 10.1. The van der Waals surface area contributed by atoms with Crippen LogP contribution in [0.25, 0.3) is 11.0 Å². The highest BCUT2D eigenvalue weighted by Crippen LogP contribution is 2.18. The summed E-state index contributed by atoms with van der Waals surface area (Å²) < 4.78 is 2.00. The van der Waals surface area contributed by atoms with E-state index in [0.29, 0.717) is 6.04 Å². The fourth-order valence-electron chi connectivity index (χ4n) is 1.78. The fraction of sp³-hybridized carbons (Fsp3) is 0.500. The first-order chi connectivity index (χ1) is 7.76. The number of rotatable bonds is 4. The lowest BCUT2D eigenvalue weighted by Gasteiger charge is -2.09. The number of hydrogen-bond donors (Lipinski definition) is 1. The Balaban J connectivity index is 2.42. The average Bonchev–Trinajstić information content (AvgIpc) is 2.71. The van der Waals surface area contributed by atoms with Gasteiger partial charge in [-0.05, 0) is 32.0 Å². The van der Waals surface area contributed by atoms with Crippen LogP contribution in [0.5, 0.6) is 0 Å². The summed E-state index contributed by atoms with van der Waals surface area (Å²) >= 11 is 0. The summed E-state index contributed by atoms with van der Waals surface area (Å²) in [6, 6.07) is 2.55. The Morgan fingerprint density at radius 1 is 1.44 bits per heavy atom. The highest BCUT2D eigenvalue weighted by Gasteiger charge is 2.09. The number of hydrogen-bond acceptors (Lipinski definition) is 3. The van der Waals surface area contributed by atoms with Crippen LogP contribution in [0.15, 0.2) is 18.5 Å². The van der Waals surface area contributed by atoms with Crippen molar-refractivity contribution in [3.8, 4) is 0 Å². The molecule has 0 radical (unpaired) electrons. The van der Waals surface area contributed by atoms with Gasteiger partial charge in [0.25, 0.3) is 0 Å². The molecule has 2 rings (SSSR count). The molecular formula is C12H18N4. The second-order valence-electron chi connectivity index (χ2n) is 4.13. The highest BCUT2D eigenvalue weighted by atomic mass is 15.3. The van der Waals surface area contributed by atoms with Gasteiger partial charge < -0.3 is 5.32 Å². The van der Waals surface area contributed by atoms with Gasteiger partial charge in [0.2, 0.25) is 0 Å². The molecular weight excluding hydrogens is 200 g/mol. The largest absolute Gasteiger partial charge is 0.316 e. The average molecular weight is 218 g/mol. The van der Waals surface area contributed by atoms with Crippen LogP contribution < -0.4 is 5.32 Å². The van der Waals surface area contributed by atoms with Crippen molar-refractivity contribution < 1.29 is 0 Å². The molecule has 0 amide bonds. The maximum Gasteiger partial charge on any atom is 0.157 e. The Labute approximate surface area is 95.7 Å². The van der Waals surface area contributed by atoms with Gasteiger partial charge in [-0.3, -0.25) is 0 Å². The summed E-state index contributed by atoms with van der Waals surface area (Å²) in [5, 5.41) is 8.64. The van der Waals surface area contributed by atoms with Crippen molar-refractivity contribution in [2.45, 2.75) is 32.9 Å². The van der Waals surface area contributed by atoms with Gasteiger partial charge in [-0.15, -0.1) is 0 Å². The number of nitrogens with zero attached hydrogens (tertiary/aromatic N) is 3. The van der Waals surface area contributed by atoms with E-state index in [-0.39, 0.29) is 0 Å². The van der Waals surface area contributed by atoms with Crippen LogP contribution in [0.2, 0.25) is 0 Å². The molecule has 1 unspecified atom stereocenters. The maximum absolute atomic E-state index is 4.49. The number of pyridine rings is 1. The zero-order chi connectivity index (χ0) is 11.5. The van der Waals surface area contributed by atoms with Crippen molar-refractivity contribution in [3.05, 3.63) is 24.0 Å². The molecule has 0 aromatic carbocycles. The van der Waals surface area contributed by atoms with Crippen molar-refractivity contribution in [3.63, 3.8) is 0 Å². The highest BCUT2D eigenvalue weighted by molar-refractivity contribution is 5.75. The van der Waals surface area contributed by atoms with Crippen LogP contribution >= 0.6 is 0 Å². The molecule has 2 aromatic heterocycles. The lowest BCUT2D eigenvalue weighted by molar-refractivity contribution is 0.489. The summed E-state index contributed by atoms with van der Waals surface area (Å²) in [7, 11) is 1.94. The van der Waals surface area contributed by atoms with Gasteiger partial charge in [-0.1, -0.05) is 6.92 Å². The number of nitrogens with one attached hydrogen (secondary N) is 1. The molecule has 2 heterocycles. The molecule has 4 nitrogen and oxygen atoms in total. The summed E-state index contributed by atoms with van der Waals surface area (Å²) in [5.74, 6) is 0. The molecule has 16 heavy (non-hydrogen) atoms. The van der Waals surface area contributed by atoms with Crippen LogP contribution in [0.4, 0.5) is 0 Å². The van der Waals surface area contributed by atoms with Gasteiger partial charge in [0, 0.05) is 18.1 Å². The van der Waals surface area contributed by atoms with E-state index in [0.717, 1.165) is 24.0 Å². The molecule has 1 atom stereocenters. The number of fused-ring (bicyclic) bond motifs is 1. The van der Waals surface area contributed by atoms with E-state index in [2.05, 4.69) is 35.3 Å². The Hall–Kier alpha value is -1.42. The predicted molar refractivity (Wildman–Crippen MR) is 65.3 cm³/mol. The SMILES string of the molecule is CCC(C)n1ncc2cc(CNC)cnc21. The van der Waals surface area contributed by atoms with Crippen LogP contribution in [0.3, 0.4) is 0 Å². The van der Waals surface area contributed by atoms with Crippen molar-refractivity contribution in [1.82, 2.24) is 20.1 Å². The van der Waals surface area contributed by atoms with Crippen molar-refractivity contribution >= 4 is 11.0 Å². The molecule has 4 heteroatoms. The molecule has 0 saturated carbocycles. The van der Waals surface area contributed by atoms with E-state index in [1.165, 1.54) is 5.56 Å². The van der Waals surface area contributed by atoms with E-state index in [4.69, 9.17) is 0 Å². The molecule has 0 aliphatic carbocycles. The minimum atomic E-state index is 0.403. The molecule has 0 bridgehead atoms. The second kappa shape index (κ2) is 4.61. The first-order valence-corrected chi connectivity index (χ1v) is 5.73. The minimum absolute atomic E-state index is 0.403. The second-order valence-corrected chi connectivity index (χ2v) is 4.13. The normalized spacial score (nSPS) is 13.2. The zero-order valence-corrected chi connectivity index (χ0v) is 10.1. The summed E-state index contributed by atoms with van der Waals surface area (Å²) in [4.78, 5) is 4.49. The molecule has 0 fully saturated rings. The van der Waals surface area contributed by atoms with Crippen LogP contribution in [-0.4, -0.2) is 21.8 Å². The molecule has 0 saturated heterocycles. The van der Waals surface area contributed by atoms with Crippen molar-refractivity contribution in [2.24, 2.45) is 0 Å². The minimum Gasteiger partial charge on any atom is -0.316 e. The topological polar surface area (TPSA) is 42.7 Å². The van der Waals surface area contributed by atoms with Crippen LogP contribution in [0, 0.1) is 0 Å². The third kappa shape index (κ3) is 1.93. The lowest BCUT2D eigenvalue weighted by atomic mass is 10.2. The third-order valence-electron chi connectivity index (χ3n) is 2.88. The Kier molecular flexibility index (Phi) is 3.19. The smallest absolute Gasteiger partial charge is 0.157 e. The third-order valence-corrected chi connectivity index (χ3v) is 2.88. The van der Waals surface area contributed by atoms with Gasteiger partial charge >= 0.3 is 0 Å². The summed E-state index contributed by atoms with van der Waals surface area (Å²) in [6.07, 6.45) is 4.88. The molecule has 0 spiro atoms. The monoisotopic (exact) mass is 218 g/mol. The van der Waals surface area contributed by atoms with Gasteiger partial charge in [0.05, 0.1) is 12.2 Å². The molecule has 2 aromatic rings. The van der Waals surface area contributed by atoms with Crippen molar-refractivity contribution in [2.75, 3.05) is 7.05 Å². The summed E-state index contributed by atoms with van der Waals surface area (Å²) in [6.45, 7) is 5.17. The predicted octanol–water partition coefficient (Wildman–Crippen LogP) is 2.12. The first kappa shape index (κ1) is 11.1. The Morgan fingerprint density at radius 2 is 2.25 bits per heavy atom. The lowest BCUT2D eigenvalue weighted by Crippen LogP contribution is -2.07. The first-order valence-electron chi connectivity index (χ1n) is 5.73. The molecule has 0 aliphatic rings. The molecule has 0 aliphatic heterocycles. The van der Waals surface area contributed by atoms with Gasteiger partial charge in [-0.25, -0.2) is 9.67 Å². The van der Waals surface area contributed by atoms with E-state index in [1.807, 2.05) is 24.1 Å². The summed E-state index contributed by atoms with van der Waals surface area (Å²) in [5.41, 5.74) is 2.17. The molecule has 1 N–H and O–H groups in total. The van der Waals surface area contributed by atoms with E-state index in [1.54, 1.807) is 0 Å². The molecule has 86 valence electrons. The quantitative estimate of drug-likeness (QED) is 0.854. The van der Waals surface area contributed by atoms with E-state index < -0.39 is 0 Å². The fourth-order valence-corrected chi connectivity index (χ4v) is 1.78. The van der Waals surface area contributed by atoms with Crippen LogP contribution in [0.1, 0.15) is 31.9 Å². The number of aromatic nitrogens is 3. The standard InChI is InChI=1S/C12H18N4/c1-4-9(2)16-12-11(8-15-16)5-10(6-13-3)7-14-12/h5,7-9,13H,4,6H2,1-3H3. The van der Waals surface area contributed by atoms with Gasteiger partial charge in [-0.2, -0.15) is 5.10 Å². The van der Waals surface area contributed by atoms with E-state index >= 15 is 0 Å². The van der Waals surface area contributed by atoms with Gasteiger partial charge in [0.1, 0.15) is 0 Å². The Morgan fingerprint density at radius 3 is 2.94 bits per heavy atom. The van der Waals surface area contributed by atoms with Crippen molar-refractivity contribution in [1.29, 1.82) is 0 Å². The van der Waals surface area contributed by atoms with Crippen LogP contribution in [-0.2, 0) is 6.54 Å². The maximum atomic E-state index is 4.49. The van der Waals surface area contributed by atoms with Gasteiger partial charge in [0.15, 0.2) is 5.65 Å². The van der Waals surface area contributed by atoms with E-state index in [9.17, 15) is 0 Å².